The van der Waals surface area contributed by atoms with E-state index < -0.39 is 0 Å². The standard InChI is InChI=1S/C16H32N4/c1-13(2)12-18-11-7-10-17-9-6-8-16-14(3)19-20(5)15(16)4/h13,17-18H,6-12H2,1-5H3. The van der Waals surface area contributed by atoms with Crippen LogP contribution < -0.4 is 10.6 Å². The Morgan fingerprint density at radius 3 is 2.30 bits per heavy atom. The Balaban J connectivity index is 2.02. The van der Waals surface area contributed by atoms with E-state index in [9.17, 15) is 0 Å². The van der Waals surface area contributed by atoms with Crippen LogP contribution in [-0.2, 0) is 13.5 Å². The topological polar surface area (TPSA) is 41.9 Å². The molecule has 0 unspecified atom stereocenters. The molecular weight excluding hydrogens is 248 g/mol. The molecule has 0 saturated carbocycles. The number of nitrogens with zero attached hydrogens (tertiary/aromatic N) is 2. The minimum atomic E-state index is 0.744. The van der Waals surface area contributed by atoms with Gasteiger partial charge in [-0.1, -0.05) is 13.8 Å². The van der Waals surface area contributed by atoms with E-state index >= 15 is 0 Å². The molecule has 1 aromatic rings. The highest BCUT2D eigenvalue weighted by Gasteiger charge is 2.08. The molecule has 2 N–H and O–H groups in total. The van der Waals surface area contributed by atoms with E-state index in [4.69, 9.17) is 0 Å². The van der Waals surface area contributed by atoms with Crippen molar-refractivity contribution in [2.45, 2.75) is 47.0 Å². The average molecular weight is 280 g/mol. The lowest BCUT2D eigenvalue weighted by Gasteiger charge is -2.08. The fourth-order valence-corrected chi connectivity index (χ4v) is 2.42. The fourth-order valence-electron chi connectivity index (χ4n) is 2.42. The van der Waals surface area contributed by atoms with Crippen LogP contribution in [0.15, 0.2) is 0 Å². The highest BCUT2D eigenvalue weighted by Crippen LogP contribution is 2.13. The lowest BCUT2D eigenvalue weighted by Crippen LogP contribution is -2.25. The van der Waals surface area contributed by atoms with E-state index in [0.717, 1.165) is 38.5 Å². The zero-order valence-electron chi connectivity index (χ0n) is 13.9. The van der Waals surface area contributed by atoms with Crippen LogP contribution in [0.5, 0.6) is 0 Å². The first kappa shape index (κ1) is 17.2. The summed E-state index contributed by atoms with van der Waals surface area (Å²) in [6, 6.07) is 0. The third-order valence-electron chi connectivity index (χ3n) is 3.70. The van der Waals surface area contributed by atoms with E-state index in [1.807, 2.05) is 11.7 Å². The van der Waals surface area contributed by atoms with Crippen molar-refractivity contribution < 1.29 is 0 Å². The summed E-state index contributed by atoms with van der Waals surface area (Å²) in [5.41, 5.74) is 3.91. The van der Waals surface area contributed by atoms with Gasteiger partial charge in [-0.15, -0.1) is 0 Å². The van der Waals surface area contributed by atoms with Crippen LogP contribution in [-0.4, -0.2) is 36.0 Å². The van der Waals surface area contributed by atoms with E-state index in [2.05, 4.69) is 43.4 Å². The zero-order chi connectivity index (χ0) is 15.0. The van der Waals surface area contributed by atoms with Gasteiger partial charge >= 0.3 is 0 Å². The van der Waals surface area contributed by atoms with Crippen molar-refractivity contribution in [1.29, 1.82) is 0 Å². The molecule has 0 saturated heterocycles. The summed E-state index contributed by atoms with van der Waals surface area (Å²) in [4.78, 5) is 0. The molecule has 20 heavy (non-hydrogen) atoms. The molecule has 4 heteroatoms. The maximum atomic E-state index is 4.46. The molecule has 0 amide bonds. The summed E-state index contributed by atoms with van der Waals surface area (Å²) in [6.45, 7) is 13.2. The van der Waals surface area contributed by atoms with E-state index in [-0.39, 0.29) is 0 Å². The Morgan fingerprint density at radius 2 is 1.70 bits per heavy atom. The van der Waals surface area contributed by atoms with Crippen LogP contribution >= 0.6 is 0 Å². The van der Waals surface area contributed by atoms with Crippen molar-refractivity contribution in [3.8, 4) is 0 Å². The summed E-state index contributed by atoms with van der Waals surface area (Å²) >= 11 is 0. The summed E-state index contributed by atoms with van der Waals surface area (Å²) in [6.07, 6.45) is 3.52. The van der Waals surface area contributed by atoms with Gasteiger partial charge in [0.15, 0.2) is 0 Å². The minimum Gasteiger partial charge on any atom is -0.317 e. The van der Waals surface area contributed by atoms with Crippen LogP contribution in [0.4, 0.5) is 0 Å². The van der Waals surface area contributed by atoms with E-state index in [0.29, 0.717) is 0 Å². The normalized spacial score (nSPS) is 11.5. The van der Waals surface area contributed by atoms with Gasteiger partial charge in [0.05, 0.1) is 5.69 Å². The molecule has 0 aromatic carbocycles. The number of aryl methyl sites for hydroxylation is 2. The average Bonchev–Trinajstić information content (AvgIpc) is 2.62. The number of nitrogens with one attached hydrogen (secondary N) is 2. The van der Waals surface area contributed by atoms with Crippen molar-refractivity contribution in [1.82, 2.24) is 20.4 Å². The summed E-state index contributed by atoms with van der Waals surface area (Å²) in [5.74, 6) is 0.744. The Bertz CT molecular complexity index is 382. The van der Waals surface area contributed by atoms with Gasteiger partial charge in [-0.25, -0.2) is 0 Å². The fraction of sp³-hybridized carbons (Fsp3) is 0.812. The van der Waals surface area contributed by atoms with Gasteiger partial charge in [0.25, 0.3) is 0 Å². The minimum absolute atomic E-state index is 0.744. The Hall–Kier alpha value is -0.870. The molecule has 0 spiro atoms. The highest BCUT2D eigenvalue weighted by molar-refractivity contribution is 5.24. The smallest absolute Gasteiger partial charge is 0.0628 e. The molecule has 0 atom stereocenters. The third-order valence-corrected chi connectivity index (χ3v) is 3.70. The summed E-state index contributed by atoms with van der Waals surface area (Å²) < 4.78 is 1.98. The lowest BCUT2D eigenvalue weighted by atomic mass is 10.1. The maximum Gasteiger partial charge on any atom is 0.0628 e. The zero-order valence-corrected chi connectivity index (χ0v) is 13.9. The predicted molar refractivity (Wildman–Crippen MR) is 86.2 cm³/mol. The molecule has 1 aromatic heterocycles. The molecular formula is C16H32N4. The van der Waals surface area contributed by atoms with E-state index in [1.54, 1.807) is 0 Å². The quantitative estimate of drug-likeness (QED) is 0.646. The van der Waals surface area contributed by atoms with Crippen LogP contribution in [0, 0.1) is 19.8 Å². The van der Waals surface area contributed by atoms with Crippen LogP contribution in [0.1, 0.15) is 43.6 Å². The van der Waals surface area contributed by atoms with Gasteiger partial charge in [0, 0.05) is 12.7 Å². The summed E-state index contributed by atoms with van der Waals surface area (Å²) in [5, 5.41) is 11.5. The molecule has 4 nitrogen and oxygen atoms in total. The van der Waals surface area contributed by atoms with Crippen molar-refractivity contribution >= 4 is 0 Å². The molecule has 0 bridgehead atoms. The summed E-state index contributed by atoms with van der Waals surface area (Å²) in [7, 11) is 2.02. The SMILES string of the molecule is Cc1nn(C)c(C)c1CCCNCCCNCC(C)C. The van der Waals surface area contributed by atoms with Crippen molar-refractivity contribution in [2.24, 2.45) is 13.0 Å². The van der Waals surface area contributed by atoms with Crippen molar-refractivity contribution in [3.63, 3.8) is 0 Å². The first-order chi connectivity index (χ1) is 9.52. The highest BCUT2D eigenvalue weighted by atomic mass is 15.3. The number of rotatable bonds is 10. The second-order valence-electron chi connectivity index (χ2n) is 6.08. The Morgan fingerprint density at radius 1 is 1.05 bits per heavy atom. The first-order valence-corrected chi connectivity index (χ1v) is 7.93. The molecule has 0 aliphatic heterocycles. The Kier molecular flexibility index (Phi) is 7.85. The van der Waals surface area contributed by atoms with Gasteiger partial charge in [0.2, 0.25) is 0 Å². The van der Waals surface area contributed by atoms with Crippen LogP contribution in [0.3, 0.4) is 0 Å². The molecule has 0 fully saturated rings. The number of hydrogen-bond acceptors (Lipinski definition) is 3. The second-order valence-corrected chi connectivity index (χ2v) is 6.08. The molecule has 0 radical (unpaired) electrons. The second kappa shape index (κ2) is 9.14. The molecule has 0 aliphatic rings. The first-order valence-electron chi connectivity index (χ1n) is 7.93. The van der Waals surface area contributed by atoms with Gasteiger partial charge in [-0.3, -0.25) is 4.68 Å². The number of aromatic nitrogens is 2. The van der Waals surface area contributed by atoms with Crippen LogP contribution in [0.2, 0.25) is 0 Å². The molecule has 1 heterocycles. The third kappa shape index (κ3) is 6.06. The van der Waals surface area contributed by atoms with Gasteiger partial charge < -0.3 is 10.6 Å². The lowest BCUT2D eigenvalue weighted by molar-refractivity contribution is 0.528. The monoisotopic (exact) mass is 280 g/mol. The molecule has 116 valence electrons. The van der Waals surface area contributed by atoms with Crippen LogP contribution in [0.25, 0.3) is 0 Å². The Labute approximate surface area is 124 Å². The maximum absolute atomic E-state index is 4.46. The van der Waals surface area contributed by atoms with Gasteiger partial charge in [0.1, 0.15) is 0 Å². The van der Waals surface area contributed by atoms with E-state index in [1.165, 1.54) is 29.8 Å². The van der Waals surface area contributed by atoms with Crippen molar-refractivity contribution in [2.75, 3.05) is 26.2 Å². The molecule has 1 rings (SSSR count). The largest absolute Gasteiger partial charge is 0.317 e. The van der Waals surface area contributed by atoms with Crippen molar-refractivity contribution in [3.05, 3.63) is 17.0 Å². The number of hydrogen-bond donors (Lipinski definition) is 2. The van der Waals surface area contributed by atoms with Gasteiger partial charge in [-0.05, 0) is 70.8 Å². The molecule has 0 aliphatic carbocycles. The predicted octanol–water partition coefficient (Wildman–Crippen LogP) is 2.19. The van der Waals surface area contributed by atoms with Gasteiger partial charge in [-0.2, -0.15) is 5.10 Å².